The van der Waals surface area contributed by atoms with Crippen LogP contribution in [0.2, 0.25) is 0 Å². The van der Waals surface area contributed by atoms with Crippen LogP contribution >= 0.6 is 0 Å². The van der Waals surface area contributed by atoms with Crippen molar-refractivity contribution < 1.29 is 13.7 Å². The summed E-state index contributed by atoms with van der Waals surface area (Å²) in [7, 11) is 0. The summed E-state index contributed by atoms with van der Waals surface area (Å²) in [6.07, 6.45) is 2.18. The number of carbonyl (C=O) groups excluding carboxylic acids is 1. The number of amides is 1. The van der Waals surface area contributed by atoms with Gasteiger partial charge in [-0.1, -0.05) is 5.16 Å². The molecule has 92 valence electrons. The van der Waals surface area contributed by atoms with Gasteiger partial charge < -0.3 is 9.84 Å². The van der Waals surface area contributed by atoms with Crippen LogP contribution in [0.4, 0.5) is 10.1 Å². The Bertz CT molecular complexity index is 573. The zero-order valence-electron chi connectivity index (χ0n) is 9.52. The van der Waals surface area contributed by atoms with Gasteiger partial charge in [-0.3, -0.25) is 4.79 Å². The standard InChI is InChI=1S/C13H11FN2O2/c14-9-3-5-10(6-4-9)15-13(17)11-7-12(18-16-11)8-1-2-8/h3-8H,1-2H2,(H,15,17). The summed E-state index contributed by atoms with van der Waals surface area (Å²) in [6, 6.07) is 7.23. The summed E-state index contributed by atoms with van der Waals surface area (Å²) in [5.74, 6) is 0.492. The molecular weight excluding hydrogens is 235 g/mol. The molecule has 1 aliphatic rings. The molecule has 1 amide bonds. The molecule has 0 spiro atoms. The first-order valence-electron chi connectivity index (χ1n) is 5.76. The van der Waals surface area contributed by atoms with E-state index in [0.29, 0.717) is 11.6 Å². The summed E-state index contributed by atoms with van der Waals surface area (Å²) < 4.78 is 17.8. The molecule has 0 radical (unpaired) electrons. The number of aromatic nitrogens is 1. The predicted molar refractivity (Wildman–Crippen MR) is 62.8 cm³/mol. The Morgan fingerprint density at radius 3 is 2.72 bits per heavy atom. The van der Waals surface area contributed by atoms with Crippen molar-refractivity contribution in [1.82, 2.24) is 5.16 Å². The van der Waals surface area contributed by atoms with Crippen LogP contribution in [0, 0.1) is 5.82 Å². The van der Waals surface area contributed by atoms with Crippen LogP contribution in [0.15, 0.2) is 34.9 Å². The smallest absolute Gasteiger partial charge is 0.277 e. The Morgan fingerprint density at radius 2 is 2.06 bits per heavy atom. The molecule has 0 unspecified atom stereocenters. The van der Waals surface area contributed by atoms with Gasteiger partial charge in [0.2, 0.25) is 0 Å². The number of hydrogen-bond donors (Lipinski definition) is 1. The number of nitrogens with zero attached hydrogens (tertiary/aromatic N) is 1. The second-order valence-corrected chi connectivity index (χ2v) is 4.35. The third-order valence-corrected chi connectivity index (χ3v) is 2.84. The summed E-state index contributed by atoms with van der Waals surface area (Å²) in [5.41, 5.74) is 0.776. The van der Waals surface area contributed by atoms with E-state index in [1.54, 1.807) is 6.07 Å². The van der Waals surface area contributed by atoms with E-state index in [0.717, 1.165) is 18.6 Å². The van der Waals surface area contributed by atoms with Crippen molar-refractivity contribution >= 4 is 11.6 Å². The molecule has 3 rings (SSSR count). The Kier molecular flexibility index (Phi) is 2.59. The fraction of sp³-hybridized carbons (Fsp3) is 0.231. The molecule has 0 bridgehead atoms. The number of rotatable bonds is 3. The lowest BCUT2D eigenvalue weighted by Crippen LogP contribution is -2.12. The van der Waals surface area contributed by atoms with Gasteiger partial charge in [0.25, 0.3) is 5.91 Å². The van der Waals surface area contributed by atoms with Gasteiger partial charge in [0, 0.05) is 17.7 Å². The van der Waals surface area contributed by atoms with Crippen molar-refractivity contribution in [2.45, 2.75) is 18.8 Å². The van der Waals surface area contributed by atoms with Crippen molar-refractivity contribution in [3.05, 3.63) is 47.6 Å². The number of carbonyl (C=O) groups is 1. The van der Waals surface area contributed by atoms with Gasteiger partial charge in [-0.2, -0.15) is 0 Å². The lowest BCUT2D eigenvalue weighted by molar-refractivity contribution is 0.101. The maximum Gasteiger partial charge on any atom is 0.277 e. The highest BCUT2D eigenvalue weighted by Crippen LogP contribution is 2.40. The molecule has 18 heavy (non-hydrogen) atoms. The molecule has 1 saturated carbocycles. The molecule has 0 aliphatic heterocycles. The van der Waals surface area contributed by atoms with Crippen molar-refractivity contribution in [1.29, 1.82) is 0 Å². The summed E-state index contributed by atoms with van der Waals surface area (Å²) in [4.78, 5) is 11.8. The van der Waals surface area contributed by atoms with Crippen LogP contribution in [0.5, 0.6) is 0 Å². The van der Waals surface area contributed by atoms with Gasteiger partial charge in [0.1, 0.15) is 11.6 Å². The first-order valence-corrected chi connectivity index (χ1v) is 5.76. The molecule has 0 saturated heterocycles. The van der Waals surface area contributed by atoms with Crippen molar-refractivity contribution in [3.8, 4) is 0 Å². The van der Waals surface area contributed by atoms with E-state index in [9.17, 15) is 9.18 Å². The lowest BCUT2D eigenvalue weighted by Gasteiger charge is -2.01. The molecule has 0 atom stereocenters. The normalized spacial score (nSPS) is 14.5. The zero-order valence-corrected chi connectivity index (χ0v) is 9.52. The molecule has 4 nitrogen and oxygen atoms in total. The minimum Gasteiger partial charge on any atom is -0.360 e. The Balaban J connectivity index is 1.71. The van der Waals surface area contributed by atoms with Gasteiger partial charge in [0.15, 0.2) is 5.69 Å². The van der Waals surface area contributed by atoms with E-state index in [4.69, 9.17) is 4.52 Å². The van der Waals surface area contributed by atoms with E-state index < -0.39 is 0 Å². The molecular formula is C13H11FN2O2. The highest BCUT2D eigenvalue weighted by atomic mass is 19.1. The molecule has 1 aliphatic carbocycles. The lowest BCUT2D eigenvalue weighted by atomic mass is 10.2. The first kappa shape index (κ1) is 11.0. The van der Waals surface area contributed by atoms with E-state index in [1.165, 1.54) is 24.3 Å². The highest BCUT2D eigenvalue weighted by Gasteiger charge is 2.28. The summed E-state index contributed by atoms with van der Waals surface area (Å²) in [5, 5.41) is 6.36. The van der Waals surface area contributed by atoms with Crippen LogP contribution in [-0.4, -0.2) is 11.1 Å². The van der Waals surface area contributed by atoms with E-state index in [2.05, 4.69) is 10.5 Å². The molecule has 1 N–H and O–H groups in total. The first-order chi connectivity index (χ1) is 8.72. The number of hydrogen-bond acceptors (Lipinski definition) is 3. The van der Waals surface area contributed by atoms with Gasteiger partial charge in [0.05, 0.1) is 0 Å². The van der Waals surface area contributed by atoms with E-state index in [-0.39, 0.29) is 17.4 Å². The van der Waals surface area contributed by atoms with Gasteiger partial charge in [-0.05, 0) is 37.1 Å². The molecule has 1 fully saturated rings. The van der Waals surface area contributed by atoms with Crippen LogP contribution in [0.3, 0.4) is 0 Å². The van der Waals surface area contributed by atoms with Gasteiger partial charge >= 0.3 is 0 Å². The molecule has 1 aromatic heterocycles. The second kappa shape index (κ2) is 4.25. The third kappa shape index (κ3) is 2.25. The number of anilines is 1. The van der Waals surface area contributed by atoms with Gasteiger partial charge in [-0.15, -0.1) is 0 Å². The van der Waals surface area contributed by atoms with Crippen LogP contribution in [-0.2, 0) is 0 Å². The number of nitrogens with one attached hydrogen (secondary N) is 1. The fourth-order valence-corrected chi connectivity index (χ4v) is 1.68. The molecule has 1 aromatic carbocycles. The number of halogens is 1. The molecule has 2 aromatic rings. The second-order valence-electron chi connectivity index (χ2n) is 4.35. The zero-order chi connectivity index (χ0) is 12.5. The average molecular weight is 246 g/mol. The quantitative estimate of drug-likeness (QED) is 0.905. The Hall–Kier alpha value is -2.17. The van der Waals surface area contributed by atoms with Crippen LogP contribution in [0.25, 0.3) is 0 Å². The Morgan fingerprint density at radius 1 is 1.33 bits per heavy atom. The summed E-state index contributed by atoms with van der Waals surface area (Å²) in [6.45, 7) is 0. The topological polar surface area (TPSA) is 55.1 Å². The number of benzene rings is 1. The minimum absolute atomic E-state index is 0.251. The monoisotopic (exact) mass is 246 g/mol. The van der Waals surface area contributed by atoms with Crippen molar-refractivity contribution in [2.75, 3.05) is 5.32 Å². The van der Waals surface area contributed by atoms with E-state index >= 15 is 0 Å². The maximum absolute atomic E-state index is 12.7. The third-order valence-electron chi connectivity index (χ3n) is 2.84. The summed E-state index contributed by atoms with van der Waals surface area (Å²) >= 11 is 0. The van der Waals surface area contributed by atoms with Crippen molar-refractivity contribution in [3.63, 3.8) is 0 Å². The van der Waals surface area contributed by atoms with Crippen LogP contribution in [0.1, 0.15) is 35.0 Å². The van der Waals surface area contributed by atoms with Crippen molar-refractivity contribution in [2.24, 2.45) is 0 Å². The van der Waals surface area contributed by atoms with Crippen LogP contribution < -0.4 is 5.32 Å². The largest absolute Gasteiger partial charge is 0.360 e. The molecule has 5 heteroatoms. The SMILES string of the molecule is O=C(Nc1ccc(F)cc1)c1cc(C2CC2)on1. The maximum atomic E-state index is 12.7. The fourth-order valence-electron chi connectivity index (χ4n) is 1.68. The van der Waals surface area contributed by atoms with Gasteiger partial charge in [-0.25, -0.2) is 4.39 Å². The van der Waals surface area contributed by atoms with E-state index in [1.807, 2.05) is 0 Å². The predicted octanol–water partition coefficient (Wildman–Crippen LogP) is 2.94. The highest BCUT2D eigenvalue weighted by molar-refractivity contribution is 6.02. The molecule has 1 heterocycles. The Labute approximate surface area is 103 Å². The average Bonchev–Trinajstić information content (AvgIpc) is 3.10. The minimum atomic E-state index is -0.350.